The van der Waals surface area contributed by atoms with Gasteiger partial charge in [0.2, 0.25) is 0 Å². The molecule has 0 aliphatic heterocycles. The van der Waals surface area contributed by atoms with E-state index in [0.717, 1.165) is 22.3 Å². The Labute approximate surface area is 113 Å². The molecule has 0 unspecified atom stereocenters. The molecule has 19 heavy (non-hydrogen) atoms. The van der Waals surface area contributed by atoms with E-state index in [0.29, 0.717) is 17.2 Å². The molecule has 2 nitrogen and oxygen atoms in total. The van der Waals surface area contributed by atoms with Crippen molar-refractivity contribution in [2.45, 2.75) is 26.7 Å². The summed E-state index contributed by atoms with van der Waals surface area (Å²) in [5.41, 5.74) is 12.4. The molecule has 0 amide bonds. The van der Waals surface area contributed by atoms with Crippen molar-refractivity contribution in [1.29, 1.82) is 0 Å². The molecular formula is C17H17NO. The molecule has 2 aromatic carbocycles. The average molecular weight is 251 g/mol. The number of hydrogen-bond donors (Lipinski definition) is 1. The number of benzene rings is 2. The molecule has 0 atom stereocenters. The predicted octanol–water partition coefficient (Wildman–Crippen LogP) is 3.91. The molecule has 2 aromatic rings. The van der Waals surface area contributed by atoms with Gasteiger partial charge in [0.25, 0.3) is 0 Å². The third kappa shape index (κ3) is 1.67. The summed E-state index contributed by atoms with van der Waals surface area (Å²) in [7, 11) is 0. The van der Waals surface area contributed by atoms with Gasteiger partial charge in [-0.1, -0.05) is 31.5 Å². The maximum atomic E-state index is 12.5. The zero-order valence-corrected chi connectivity index (χ0v) is 11.4. The molecule has 0 radical (unpaired) electrons. The highest BCUT2D eigenvalue weighted by Gasteiger charge is 2.29. The van der Waals surface area contributed by atoms with Gasteiger partial charge >= 0.3 is 0 Å². The van der Waals surface area contributed by atoms with Crippen LogP contribution < -0.4 is 5.73 Å². The molecule has 0 heterocycles. The fourth-order valence-electron chi connectivity index (χ4n) is 2.70. The molecule has 0 saturated heterocycles. The number of nitrogens with two attached hydrogens (primary N) is 1. The molecule has 96 valence electrons. The lowest BCUT2D eigenvalue weighted by Crippen LogP contribution is -2.02. The number of fused-ring (bicyclic) bond motifs is 3. The summed E-state index contributed by atoms with van der Waals surface area (Å²) in [6.07, 6.45) is 0. The molecule has 0 spiro atoms. The Hall–Kier alpha value is -2.09. The van der Waals surface area contributed by atoms with Crippen molar-refractivity contribution in [1.82, 2.24) is 0 Å². The zero-order chi connectivity index (χ0) is 13.7. The minimum Gasteiger partial charge on any atom is -0.398 e. The number of nitrogen functional groups attached to an aromatic ring is 1. The zero-order valence-electron chi connectivity index (χ0n) is 11.4. The van der Waals surface area contributed by atoms with Crippen molar-refractivity contribution in [3.63, 3.8) is 0 Å². The van der Waals surface area contributed by atoms with E-state index in [4.69, 9.17) is 5.73 Å². The standard InChI is InChI=1S/C17H17NO/c1-9(2)11-7-13-12-5-4-10(3)6-14(12)17(19)16(13)15(18)8-11/h4-9H,18H2,1-3H3. The van der Waals surface area contributed by atoms with E-state index < -0.39 is 0 Å². The van der Waals surface area contributed by atoms with E-state index in [1.807, 2.05) is 31.2 Å². The van der Waals surface area contributed by atoms with E-state index in [2.05, 4.69) is 19.9 Å². The SMILES string of the molecule is Cc1ccc2c(c1)C(=O)c1c(N)cc(C(C)C)cc1-2. The summed E-state index contributed by atoms with van der Waals surface area (Å²) >= 11 is 0. The van der Waals surface area contributed by atoms with Crippen LogP contribution in [0.1, 0.15) is 46.8 Å². The summed E-state index contributed by atoms with van der Waals surface area (Å²) in [6.45, 7) is 6.27. The molecule has 3 rings (SSSR count). The highest BCUT2D eigenvalue weighted by molar-refractivity contribution is 6.24. The summed E-state index contributed by atoms with van der Waals surface area (Å²) < 4.78 is 0. The Kier molecular flexibility index (Phi) is 2.49. The first-order chi connectivity index (χ1) is 8.99. The van der Waals surface area contributed by atoms with Gasteiger partial charge in [0.1, 0.15) is 0 Å². The lowest BCUT2D eigenvalue weighted by molar-refractivity contribution is 0.104. The monoisotopic (exact) mass is 251 g/mol. The van der Waals surface area contributed by atoms with E-state index in [1.165, 1.54) is 5.56 Å². The molecule has 0 saturated carbocycles. The van der Waals surface area contributed by atoms with Gasteiger partial charge in [-0.25, -0.2) is 0 Å². The van der Waals surface area contributed by atoms with Crippen LogP contribution in [0, 0.1) is 6.92 Å². The minimum absolute atomic E-state index is 0.0570. The molecule has 0 aromatic heterocycles. The fraction of sp³-hybridized carbons (Fsp3) is 0.235. The van der Waals surface area contributed by atoms with Crippen LogP contribution in [-0.2, 0) is 0 Å². The minimum atomic E-state index is 0.0570. The first-order valence-corrected chi connectivity index (χ1v) is 6.58. The Morgan fingerprint density at radius 3 is 2.42 bits per heavy atom. The maximum Gasteiger partial charge on any atom is 0.196 e. The van der Waals surface area contributed by atoms with Crippen molar-refractivity contribution in [3.05, 3.63) is 52.6 Å². The summed E-state index contributed by atoms with van der Waals surface area (Å²) in [5, 5.41) is 0. The van der Waals surface area contributed by atoms with Crippen LogP contribution in [0.3, 0.4) is 0 Å². The van der Waals surface area contributed by atoms with Crippen LogP contribution in [0.2, 0.25) is 0 Å². The van der Waals surface area contributed by atoms with Crippen molar-refractivity contribution in [2.75, 3.05) is 5.73 Å². The largest absolute Gasteiger partial charge is 0.398 e. The van der Waals surface area contributed by atoms with E-state index >= 15 is 0 Å². The Bertz CT molecular complexity index is 699. The Morgan fingerprint density at radius 1 is 1.00 bits per heavy atom. The normalized spacial score (nSPS) is 12.7. The van der Waals surface area contributed by atoms with Crippen LogP contribution in [-0.4, -0.2) is 5.78 Å². The summed E-state index contributed by atoms with van der Waals surface area (Å²) in [5.74, 6) is 0.457. The van der Waals surface area contributed by atoms with E-state index in [9.17, 15) is 4.79 Å². The first-order valence-electron chi connectivity index (χ1n) is 6.58. The number of carbonyl (C=O) groups is 1. The molecule has 1 aliphatic rings. The molecule has 0 fully saturated rings. The van der Waals surface area contributed by atoms with Gasteiger partial charge in [-0.05, 0) is 47.7 Å². The molecule has 0 bridgehead atoms. The smallest absolute Gasteiger partial charge is 0.196 e. The lowest BCUT2D eigenvalue weighted by atomic mass is 9.95. The van der Waals surface area contributed by atoms with Gasteiger partial charge in [-0.15, -0.1) is 0 Å². The second-order valence-corrected chi connectivity index (χ2v) is 5.57. The number of carbonyl (C=O) groups excluding carboxylic acids is 1. The molecule has 2 N–H and O–H groups in total. The molecular weight excluding hydrogens is 234 g/mol. The number of aryl methyl sites for hydroxylation is 1. The predicted molar refractivity (Wildman–Crippen MR) is 78.5 cm³/mol. The second-order valence-electron chi connectivity index (χ2n) is 5.57. The quantitative estimate of drug-likeness (QED) is 0.666. The Morgan fingerprint density at radius 2 is 1.74 bits per heavy atom. The van der Waals surface area contributed by atoms with Crippen molar-refractivity contribution < 1.29 is 4.79 Å². The van der Waals surface area contributed by atoms with Crippen LogP contribution in [0.25, 0.3) is 11.1 Å². The van der Waals surface area contributed by atoms with Crippen LogP contribution in [0.4, 0.5) is 5.69 Å². The van der Waals surface area contributed by atoms with Gasteiger partial charge in [-0.3, -0.25) is 4.79 Å². The number of anilines is 1. The van der Waals surface area contributed by atoms with Crippen molar-refractivity contribution >= 4 is 11.5 Å². The molecule has 2 heteroatoms. The second kappa shape index (κ2) is 3.95. The highest BCUT2D eigenvalue weighted by atomic mass is 16.1. The van der Waals surface area contributed by atoms with Gasteiger partial charge in [0.15, 0.2) is 5.78 Å². The molecule has 1 aliphatic carbocycles. The first kappa shape index (κ1) is 12.0. The topological polar surface area (TPSA) is 43.1 Å². The van der Waals surface area contributed by atoms with Crippen LogP contribution in [0.15, 0.2) is 30.3 Å². The fourth-order valence-corrected chi connectivity index (χ4v) is 2.70. The third-order valence-corrected chi connectivity index (χ3v) is 3.79. The van der Waals surface area contributed by atoms with Gasteiger partial charge in [0.05, 0.1) is 5.56 Å². The van der Waals surface area contributed by atoms with Crippen molar-refractivity contribution in [2.24, 2.45) is 0 Å². The lowest BCUT2D eigenvalue weighted by Gasteiger charge is -2.10. The van der Waals surface area contributed by atoms with E-state index in [1.54, 1.807) is 0 Å². The van der Waals surface area contributed by atoms with Gasteiger partial charge in [-0.2, -0.15) is 0 Å². The van der Waals surface area contributed by atoms with Gasteiger partial charge in [0, 0.05) is 11.3 Å². The highest BCUT2D eigenvalue weighted by Crippen LogP contribution is 2.41. The van der Waals surface area contributed by atoms with Crippen LogP contribution >= 0.6 is 0 Å². The summed E-state index contributed by atoms with van der Waals surface area (Å²) in [6, 6.07) is 10.1. The Balaban J connectivity index is 2.32. The maximum absolute atomic E-state index is 12.5. The van der Waals surface area contributed by atoms with E-state index in [-0.39, 0.29) is 5.78 Å². The number of hydrogen-bond acceptors (Lipinski definition) is 2. The number of rotatable bonds is 1. The summed E-state index contributed by atoms with van der Waals surface area (Å²) in [4.78, 5) is 12.5. The van der Waals surface area contributed by atoms with Crippen molar-refractivity contribution in [3.8, 4) is 11.1 Å². The average Bonchev–Trinajstić information content (AvgIpc) is 2.63. The van der Waals surface area contributed by atoms with Gasteiger partial charge < -0.3 is 5.73 Å². The third-order valence-electron chi connectivity index (χ3n) is 3.79. The number of ketones is 1. The van der Waals surface area contributed by atoms with Crippen LogP contribution in [0.5, 0.6) is 0 Å².